The minimum atomic E-state index is -1.15. The maximum absolute atomic E-state index is 10.8. The number of ether oxygens (including phenoxy) is 1. The van der Waals surface area contributed by atoms with Crippen molar-refractivity contribution in [1.29, 1.82) is 0 Å². The van der Waals surface area contributed by atoms with E-state index in [1.165, 1.54) is 0 Å². The fourth-order valence-electron chi connectivity index (χ4n) is 1.49. The summed E-state index contributed by atoms with van der Waals surface area (Å²) in [5, 5.41) is 8.58. The predicted octanol–water partition coefficient (Wildman–Crippen LogP) is -0.223. The van der Waals surface area contributed by atoms with Gasteiger partial charge >= 0.3 is 11.9 Å². The molecule has 2 bridgehead atoms. The van der Waals surface area contributed by atoms with Crippen LogP contribution in [0, 0.1) is 5.41 Å². The van der Waals surface area contributed by atoms with Crippen LogP contribution in [-0.2, 0) is 14.3 Å². The largest absolute Gasteiger partial charge is 0.480 e. The van der Waals surface area contributed by atoms with Gasteiger partial charge in [0.25, 0.3) is 0 Å². The highest BCUT2D eigenvalue weighted by atomic mass is 16.6. The Bertz CT molecular complexity index is 214. The lowest BCUT2D eigenvalue weighted by Gasteiger charge is -2.26. The summed E-state index contributed by atoms with van der Waals surface area (Å²) in [6.45, 7) is 0. The van der Waals surface area contributed by atoms with Crippen LogP contribution < -0.4 is 0 Å². The molecule has 2 aliphatic heterocycles. The summed E-state index contributed by atoms with van der Waals surface area (Å²) in [5.41, 5.74) is -1.15. The normalized spacial score (nSPS) is 42.4. The van der Waals surface area contributed by atoms with E-state index < -0.39 is 17.4 Å². The van der Waals surface area contributed by atoms with E-state index in [0.717, 1.165) is 0 Å². The zero-order chi connectivity index (χ0) is 7.35. The monoisotopic (exact) mass is 142 g/mol. The van der Waals surface area contributed by atoms with Gasteiger partial charge in [-0.3, -0.25) is 9.59 Å². The number of fused-ring (bicyclic) bond motifs is 1. The van der Waals surface area contributed by atoms with Crippen molar-refractivity contribution in [2.24, 2.45) is 5.41 Å². The molecule has 3 rings (SSSR count). The number of rotatable bonds is 1. The predicted molar refractivity (Wildman–Crippen MR) is 29.2 cm³/mol. The summed E-state index contributed by atoms with van der Waals surface area (Å²) in [5.74, 6) is -1.59. The standard InChI is InChI=1S/C6H6O4/c7-4(8)6-1-3(2-6)10-5(6)9/h3H,1-2H2,(H,7,8). The van der Waals surface area contributed by atoms with Crippen LogP contribution in [0.25, 0.3) is 0 Å². The molecule has 0 spiro atoms. The highest BCUT2D eigenvalue weighted by molar-refractivity contribution is 6.02. The molecule has 0 aromatic heterocycles. The second kappa shape index (κ2) is 1.33. The summed E-state index contributed by atoms with van der Waals surface area (Å²) in [4.78, 5) is 21.2. The molecule has 1 aliphatic carbocycles. The van der Waals surface area contributed by atoms with Gasteiger partial charge < -0.3 is 9.84 Å². The molecule has 1 saturated carbocycles. The molecule has 4 heteroatoms. The van der Waals surface area contributed by atoms with Crippen LogP contribution in [0.2, 0.25) is 0 Å². The topological polar surface area (TPSA) is 63.6 Å². The van der Waals surface area contributed by atoms with Crippen LogP contribution in [0.4, 0.5) is 0 Å². The molecule has 0 unspecified atom stereocenters. The Morgan fingerprint density at radius 3 is 2.50 bits per heavy atom. The van der Waals surface area contributed by atoms with Crippen LogP contribution in [0.3, 0.4) is 0 Å². The first kappa shape index (κ1) is 5.70. The maximum Gasteiger partial charge on any atom is 0.324 e. The Morgan fingerprint density at radius 1 is 1.70 bits per heavy atom. The second-order valence-electron chi connectivity index (χ2n) is 2.82. The van der Waals surface area contributed by atoms with E-state index in [1.807, 2.05) is 0 Å². The zero-order valence-electron chi connectivity index (χ0n) is 5.16. The molecule has 1 N–H and O–H groups in total. The first-order valence-electron chi connectivity index (χ1n) is 3.10. The molecule has 0 aromatic carbocycles. The number of hydrogen-bond donors (Lipinski definition) is 1. The van der Waals surface area contributed by atoms with Gasteiger partial charge in [0.2, 0.25) is 0 Å². The molecule has 0 aromatic rings. The van der Waals surface area contributed by atoms with Crippen LogP contribution in [0.1, 0.15) is 12.8 Å². The molecular formula is C6H6O4. The summed E-state index contributed by atoms with van der Waals surface area (Å²) >= 11 is 0. The van der Waals surface area contributed by atoms with Crippen LogP contribution >= 0.6 is 0 Å². The minimum Gasteiger partial charge on any atom is -0.480 e. The van der Waals surface area contributed by atoms with E-state index in [0.29, 0.717) is 12.8 Å². The quantitative estimate of drug-likeness (QED) is 0.406. The van der Waals surface area contributed by atoms with Crippen molar-refractivity contribution in [1.82, 2.24) is 0 Å². The van der Waals surface area contributed by atoms with Crippen molar-refractivity contribution in [2.75, 3.05) is 0 Å². The van der Waals surface area contributed by atoms with Crippen LogP contribution in [-0.4, -0.2) is 23.1 Å². The molecule has 54 valence electrons. The lowest BCUT2D eigenvalue weighted by Crippen LogP contribution is -2.42. The van der Waals surface area contributed by atoms with Gasteiger partial charge in [-0.1, -0.05) is 0 Å². The van der Waals surface area contributed by atoms with Crippen molar-refractivity contribution < 1.29 is 19.4 Å². The van der Waals surface area contributed by atoms with Gasteiger partial charge in [-0.05, 0) is 0 Å². The molecule has 0 atom stereocenters. The van der Waals surface area contributed by atoms with Gasteiger partial charge in [-0.2, -0.15) is 0 Å². The van der Waals surface area contributed by atoms with E-state index >= 15 is 0 Å². The second-order valence-corrected chi connectivity index (χ2v) is 2.82. The van der Waals surface area contributed by atoms with Gasteiger partial charge in [0.05, 0.1) is 0 Å². The SMILES string of the molecule is O=C(O)C12CC(C1)OC2=O. The average Bonchev–Trinajstić information content (AvgIpc) is 2.15. The van der Waals surface area contributed by atoms with Crippen molar-refractivity contribution in [3.05, 3.63) is 0 Å². The van der Waals surface area contributed by atoms with Crippen molar-refractivity contribution >= 4 is 11.9 Å². The molecular weight excluding hydrogens is 136 g/mol. The Balaban J connectivity index is 2.33. The van der Waals surface area contributed by atoms with E-state index in [9.17, 15) is 9.59 Å². The van der Waals surface area contributed by atoms with Crippen molar-refractivity contribution in [2.45, 2.75) is 18.9 Å². The Morgan fingerprint density at radius 2 is 2.30 bits per heavy atom. The Kier molecular flexibility index (Phi) is 0.760. The number of carboxylic acids is 1. The van der Waals surface area contributed by atoms with E-state index in [1.54, 1.807) is 0 Å². The fraction of sp³-hybridized carbons (Fsp3) is 0.667. The molecule has 10 heavy (non-hydrogen) atoms. The first-order chi connectivity index (χ1) is 4.65. The van der Waals surface area contributed by atoms with Gasteiger partial charge in [-0.25, -0.2) is 0 Å². The summed E-state index contributed by atoms with van der Waals surface area (Å²) in [6.07, 6.45) is 0.645. The average molecular weight is 142 g/mol. The van der Waals surface area contributed by atoms with E-state index in [2.05, 4.69) is 4.74 Å². The summed E-state index contributed by atoms with van der Waals surface area (Å²) in [6, 6.07) is 0. The molecule has 2 saturated heterocycles. The molecule has 3 aliphatic rings. The zero-order valence-corrected chi connectivity index (χ0v) is 5.16. The third-order valence-corrected chi connectivity index (χ3v) is 2.23. The fourth-order valence-corrected chi connectivity index (χ4v) is 1.49. The number of carbonyl (C=O) groups is 2. The molecule has 0 amide bonds. The van der Waals surface area contributed by atoms with E-state index in [4.69, 9.17) is 5.11 Å². The van der Waals surface area contributed by atoms with Crippen LogP contribution in [0.5, 0.6) is 0 Å². The minimum absolute atomic E-state index is 0.108. The molecule has 2 heterocycles. The summed E-state index contributed by atoms with van der Waals surface area (Å²) < 4.78 is 4.68. The first-order valence-corrected chi connectivity index (χ1v) is 3.10. The lowest BCUT2D eigenvalue weighted by molar-refractivity contribution is -0.157. The lowest BCUT2D eigenvalue weighted by atomic mass is 9.70. The number of carbonyl (C=O) groups excluding carboxylic acids is 1. The summed E-state index contributed by atoms with van der Waals surface area (Å²) in [7, 11) is 0. The number of carboxylic acid groups (broad SMARTS) is 1. The van der Waals surface area contributed by atoms with Gasteiger partial charge in [0, 0.05) is 12.8 Å². The van der Waals surface area contributed by atoms with Crippen molar-refractivity contribution in [3.63, 3.8) is 0 Å². The third-order valence-electron chi connectivity index (χ3n) is 2.23. The highest BCUT2D eigenvalue weighted by Crippen LogP contribution is 2.51. The van der Waals surface area contributed by atoms with Crippen molar-refractivity contribution in [3.8, 4) is 0 Å². The third kappa shape index (κ3) is 0.394. The van der Waals surface area contributed by atoms with Gasteiger partial charge in [-0.15, -0.1) is 0 Å². The van der Waals surface area contributed by atoms with Gasteiger partial charge in [0.15, 0.2) is 5.41 Å². The number of hydrogen-bond acceptors (Lipinski definition) is 3. The Labute approximate surface area is 56.8 Å². The Hall–Kier alpha value is -1.06. The molecule has 4 nitrogen and oxygen atoms in total. The highest BCUT2D eigenvalue weighted by Gasteiger charge is 2.65. The van der Waals surface area contributed by atoms with E-state index in [-0.39, 0.29) is 6.10 Å². The number of esters is 1. The smallest absolute Gasteiger partial charge is 0.324 e. The van der Waals surface area contributed by atoms with Crippen LogP contribution in [0.15, 0.2) is 0 Å². The molecule has 3 fully saturated rings. The molecule has 0 radical (unpaired) electrons. The number of aliphatic carboxylic acids is 1. The van der Waals surface area contributed by atoms with Gasteiger partial charge in [0.1, 0.15) is 6.10 Å². The maximum atomic E-state index is 10.8.